The second kappa shape index (κ2) is 4.68. The van der Waals surface area contributed by atoms with Crippen molar-refractivity contribution in [1.29, 1.82) is 0 Å². The molecular weight excluding hydrogens is 236 g/mol. The molecule has 0 aromatic carbocycles. The molecule has 5 N–H and O–H groups in total. The third kappa shape index (κ3) is 2.54. The summed E-state index contributed by atoms with van der Waals surface area (Å²) in [6, 6.07) is 3.37. The van der Waals surface area contributed by atoms with E-state index in [1.165, 1.54) is 0 Å². The van der Waals surface area contributed by atoms with Crippen molar-refractivity contribution in [2.75, 3.05) is 5.73 Å². The Balaban J connectivity index is 2.15. The predicted molar refractivity (Wildman–Crippen MR) is 69.5 cm³/mol. The number of hydrogen-bond donors (Lipinski definition) is 3. The van der Waals surface area contributed by atoms with Crippen molar-refractivity contribution in [1.82, 2.24) is 10.3 Å². The number of rotatable bonds is 3. The van der Waals surface area contributed by atoms with Gasteiger partial charge in [-0.25, -0.2) is 4.98 Å². The number of aromatic nitrogens is 1. The zero-order chi connectivity index (χ0) is 12.4. The Morgan fingerprint density at radius 1 is 1.65 bits per heavy atom. The van der Waals surface area contributed by atoms with Crippen LogP contribution in [0.3, 0.4) is 0 Å². The Morgan fingerprint density at radius 2 is 2.41 bits per heavy atom. The van der Waals surface area contributed by atoms with Crippen molar-refractivity contribution >= 4 is 33.1 Å². The maximum Gasteiger partial charge on any atom is 0.236 e. The Hall–Kier alpha value is -1.66. The number of nitrogens with zero attached hydrogens (tertiary/aromatic N) is 1. The van der Waals surface area contributed by atoms with E-state index in [9.17, 15) is 4.79 Å². The summed E-state index contributed by atoms with van der Waals surface area (Å²) in [5.74, 6) is 0.358. The maximum atomic E-state index is 11.3. The average Bonchev–Trinajstić information content (AvgIpc) is 2.70. The van der Waals surface area contributed by atoms with E-state index in [4.69, 9.17) is 11.5 Å². The van der Waals surface area contributed by atoms with Gasteiger partial charge in [-0.3, -0.25) is 4.79 Å². The lowest BCUT2D eigenvalue weighted by Crippen LogP contribution is -2.37. The van der Waals surface area contributed by atoms with Gasteiger partial charge in [0, 0.05) is 21.2 Å². The number of carbonyl (C=O) groups is 1. The van der Waals surface area contributed by atoms with E-state index >= 15 is 0 Å². The van der Waals surface area contributed by atoms with E-state index in [-0.39, 0.29) is 5.91 Å². The van der Waals surface area contributed by atoms with Crippen LogP contribution < -0.4 is 16.8 Å². The Bertz CT molecular complexity index is 549. The summed E-state index contributed by atoms with van der Waals surface area (Å²) < 4.78 is 1.07. The molecule has 90 valence electrons. The van der Waals surface area contributed by atoms with Crippen LogP contribution in [-0.4, -0.2) is 16.9 Å². The third-order valence-corrected chi connectivity index (χ3v) is 3.48. The molecule has 17 heavy (non-hydrogen) atoms. The van der Waals surface area contributed by atoms with Crippen LogP contribution in [0, 0.1) is 0 Å². The van der Waals surface area contributed by atoms with Gasteiger partial charge in [0.05, 0.1) is 12.6 Å². The van der Waals surface area contributed by atoms with E-state index in [1.54, 1.807) is 24.5 Å². The van der Waals surface area contributed by atoms with Gasteiger partial charge in [-0.1, -0.05) is 0 Å². The smallest absolute Gasteiger partial charge is 0.236 e. The number of amides is 1. The van der Waals surface area contributed by atoms with E-state index in [0.717, 1.165) is 15.0 Å². The molecule has 0 saturated heterocycles. The van der Waals surface area contributed by atoms with Crippen molar-refractivity contribution in [3.05, 3.63) is 23.2 Å². The van der Waals surface area contributed by atoms with Gasteiger partial charge in [-0.15, -0.1) is 11.3 Å². The Kier molecular flexibility index (Phi) is 3.26. The fourth-order valence-corrected chi connectivity index (χ4v) is 2.46. The minimum Gasteiger partial charge on any atom is -0.383 e. The van der Waals surface area contributed by atoms with Crippen LogP contribution in [0.4, 0.5) is 5.82 Å². The number of thiophene rings is 1. The molecule has 0 saturated carbocycles. The molecule has 1 amide bonds. The molecule has 0 radical (unpaired) electrons. The molecule has 0 aliphatic rings. The molecule has 0 aliphatic carbocycles. The third-order valence-electron chi connectivity index (χ3n) is 2.38. The van der Waals surface area contributed by atoms with Crippen LogP contribution >= 0.6 is 11.3 Å². The molecule has 0 bridgehead atoms. The van der Waals surface area contributed by atoms with Crippen molar-refractivity contribution in [3.63, 3.8) is 0 Å². The molecule has 2 rings (SSSR count). The van der Waals surface area contributed by atoms with Gasteiger partial charge in [-0.05, 0) is 19.1 Å². The van der Waals surface area contributed by atoms with Crippen LogP contribution in [0.5, 0.6) is 0 Å². The first-order chi connectivity index (χ1) is 8.08. The zero-order valence-corrected chi connectivity index (χ0v) is 10.3. The van der Waals surface area contributed by atoms with E-state index in [2.05, 4.69) is 10.3 Å². The average molecular weight is 250 g/mol. The van der Waals surface area contributed by atoms with Gasteiger partial charge < -0.3 is 16.8 Å². The standard InChI is InChI=1S/C11H14N4OS/c1-6(12)11(16)15-5-7-4-8-9(17-7)2-3-14-10(8)13/h2-4,6H,5,12H2,1H3,(H2,13,14)(H,15,16). The predicted octanol–water partition coefficient (Wildman–Crippen LogP) is 0.842. The van der Waals surface area contributed by atoms with Gasteiger partial charge in [0.15, 0.2) is 0 Å². The van der Waals surface area contributed by atoms with Gasteiger partial charge >= 0.3 is 0 Å². The van der Waals surface area contributed by atoms with Crippen molar-refractivity contribution in [2.45, 2.75) is 19.5 Å². The minimum atomic E-state index is -0.490. The molecular formula is C11H14N4OS. The van der Waals surface area contributed by atoms with Crippen molar-refractivity contribution in [3.8, 4) is 0 Å². The summed E-state index contributed by atoms with van der Waals surface area (Å²) in [4.78, 5) is 16.4. The number of nitrogens with one attached hydrogen (secondary N) is 1. The first-order valence-electron chi connectivity index (χ1n) is 5.24. The molecule has 6 heteroatoms. The first-order valence-corrected chi connectivity index (χ1v) is 6.06. The number of hydrogen-bond acceptors (Lipinski definition) is 5. The molecule has 2 aromatic rings. The van der Waals surface area contributed by atoms with Gasteiger partial charge in [0.2, 0.25) is 5.91 Å². The summed E-state index contributed by atoms with van der Waals surface area (Å²) in [6.07, 6.45) is 1.68. The van der Waals surface area contributed by atoms with Gasteiger partial charge in [-0.2, -0.15) is 0 Å². The minimum absolute atomic E-state index is 0.159. The highest BCUT2D eigenvalue weighted by atomic mass is 32.1. The number of anilines is 1. The second-order valence-electron chi connectivity index (χ2n) is 3.83. The molecule has 1 atom stereocenters. The van der Waals surface area contributed by atoms with Crippen LogP contribution in [0.25, 0.3) is 10.1 Å². The number of nitrogen functional groups attached to an aromatic ring is 1. The largest absolute Gasteiger partial charge is 0.383 e. The summed E-state index contributed by atoms with van der Waals surface area (Å²) in [6.45, 7) is 2.13. The highest BCUT2D eigenvalue weighted by Gasteiger charge is 2.09. The number of pyridine rings is 1. The van der Waals surface area contributed by atoms with Crippen LogP contribution in [0.15, 0.2) is 18.3 Å². The summed E-state index contributed by atoms with van der Waals surface area (Å²) in [7, 11) is 0. The Labute approximate surface area is 103 Å². The highest BCUT2D eigenvalue weighted by Crippen LogP contribution is 2.28. The molecule has 1 unspecified atom stereocenters. The number of fused-ring (bicyclic) bond motifs is 1. The molecule has 2 heterocycles. The number of carbonyl (C=O) groups excluding carboxylic acids is 1. The zero-order valence-electron chi connectivity index (χ0n) is 9.43. The molecule has 5 nitrogen and oxygen atoms in total. The summed E-state index contributed by atoms with van der Waals surface area (Å²) in [5.41, 5.74) is 11.2. The molecule has 0 spiro atoms. The number of nitrogens with two attached hydrogens (primary N) is 2. The first kappa shape index (κ1) is 11.8. The lowest BCUT2D eigenvalue weighted by molar-refractivity contribution is -0.122. The molecule has 2 aromatic heterocycles. The maximum absolute atomic E-state index is 11.3. The van der Waals surface area contributed by atoms with Gasteiger partial charge in [0.1, 0.15) is 5.82 Å². The quantitative estimate of drug-likeness (QED) is 0.752. The fourth-order valence-electron chi connectivity index (χ4n) is 1.46. The van der Waals surface area contributed by atoms with E-state index in [0.29, 0.717) is 12.4 Å². The van der Waals surface area contributed by atoms with Crippen molar-refractivity contribution in [2.24, 2.45) is 5.73 Å². The molecule has 0 aliphatic heterocycles. The topological polar surface area (TPSA) is 94.0 Å². The lowest BCUT2D eigenvalue weighted by Gasteiger charge is -2.05. The highest BCUT2D eigenvalue weighted by molar-refractivity contribution is 7.19. The Morgan fingerprint density at radius 3 is 3.06 bits per heavy atom. The summed E-state index contributed by atoms with van der Waals surface area (Å²) >= 11 is 1.59. The molecule has 0 fully saturated rings. The van der Waals surface area contributed by atoms with Crippen LogP contribution in [0.2, 0.25) is 0 Å². The van der Waals surface area contributed by atoms with Gasteiger partial charge in [0.25, 0.3) is 0 Å². The lowest BCUT2D eigenvalue weighted by atomic mass is 10.3. The SMILES string of the molecule is CC(N)C(=O)NCc1cc2c(N)nccc2s1. The van der Waals surface area contributed by atoms with Crippen LogP contribution in [-0.2, 0) is 11.3 Å². The van der Waals surface area contributed by atoms with E-state index < -0.39 is 6.04 Å². The normalized spacial score (nSPS) is 12.6. The summed E-state index contributed by atoms with van der Waals surface area (Å²) in [5, 5.41) is 3.70. The van der Waals surface area contributed by atoms with Crippen LogP contribution in [0.1, 0.15) is 11.8 Å². The van der Waals surface area contributed by atoms with E-state index in [1.807, 2.05) is 12.1 Å². The second-order valence-corrected chi connectivity index (χ2v) is 5.00. The van der Waals surface area contributed by atoms with Crippen molar-refractivity contribution < 1.29 is 4.79 Å². The monoisotopic (exact) mass is 250 g/mol. The fraction of sp³-hybridized carbons (Fsp3) is 0.273.